The van der Waals surface area contributed by atoms with Crippen molar-refractivity contribution in [1.29, 1.82) is 0 Å². The third kappa shape index (κ3) is 5.09. The molecule has 0 unspecified atom stereocenters. The van der Waals surface area contributed by atoms with Gasteiger partial charge in [-0.25, -0.2) is 0 Å². The summed E-state index contributed by atoms with van der Waals surface area (Å²) in [4.78, 5) is 13.4. The molecule has 0 aromatic heterocycles. The SMILES string of the molecule is Cl.NC(=O)c1ccc(OCCCN2CCCC2)cc1. The van der Waals surface area contributed by atoms with Gasteiger partial charge in [-0.3, -0.25) is 4.79 Å². The summed E-state index contributed by atoms with van der Waals surface area (Å²) in [6.45, 7) is 4.28. The van der Waals surface area contributed by atoms with E-state index in [0.29, 0.717) is 12.2 Å². The van der Waals surface area contributed by atoms with Crippen molar-refractivity contribution in [1.82, 2.24) is 4.90 Å². The smallest absolute Gasteiger partial charge is 0.248 e. The number of likely N-dealkylation sites (tertiary alicyclic amines) is 1. The molecule has 1 fully saturated rings. The zero-order valence-electron chi connectivity index (χ0n) is 11.0. The molecule has 0 aliphatic carbocycles. The average molecular weight is 285 g/mol. The molecule has 1 aromatic rings. The predicted molar refractivity (Wildman–Crippen MR) is 78.0 cm³/mol. The number of amides is 1. The van der Waals surface area contributed by atoms with Gasteiger partial charge in [0.25, 0.3) is 0 Å². The van der Waals surface area contributed by atoms with E-state index in [2.05, 4.69) is 4.90 Å². The Morgan fingerprint density at radius 3 is 2.42 bits per heavy atom. The number of ether oxygens (including phenoxy) is 1. The molecule has 5 heteroatoms. The van der Waals surface area contributed by atoms with E-state index in [9.17, 15) is 4.79 Å². The minimum atomic E-state index is -0.407. The van der Waals surface area contributed by atoms with Gasteiger partial charge in [0.15, 0.2) is 0 Å². The van der Waals surface area contributed by atoms with Crippen molar-refractivity contribution in [3.63, 3.8) is 0 Å². The zero-order valence-corrected chi connectivity index (χ0v) is 11.8. The van der Waals surface area contributed by atoms with E-state index in [1.807, 2.05) is 0 Å². The number of nitrogens with zero attached hydrogens (tertiary/aromatic N) is 1. The second kappa shape index (κ2) is 8.02. The first-order valence-corrected chi connectivity index (χ1v) is 6.51. The van der Waals surface area contributed by atoms with Crippen LogP contribution in [0.15, 0.2) is 24.3 Å². The standard InChI is InChI=1S/C14H20N2O2.ClH/c15-14(17)12-4-6-13(7-5-12)18-11-3-10-16-8-1-2-9-16;/h4-7H,1-3,8-11H2,(H2,15,17);1H. The van der Waals surface area contributed by atoms with E-state index in [4.69, 9.17) is 10.5 Å². The van der Waals surface area contributed by atoms with Gasteiger partial charge in [-0.05, 0) is 56.6 Å². The first kappa shape index (κ1) is 15.8. The fraction of sp³-hybridized carbons (Fsp3) is 0.500. The Hall–Kier alpha value is -1.26. The Bertz CT molecular complexity index is 389. The maximum atomic E-state index is 10.9. The summed E-state index contributed by atoms with van der Waals surface area (Å²) in [7, 11) is 0. The first-order valence-electron chi connectivity index (χ1n) is 6.51. The highest BCUT2D eigenvalue weighted by Gasteiger charge is 2.10. The molecule has 0 bridgehead atoms. The molecule has 1 amide bonds. The van der Waals surface area contributed by atoms with Crippen LogP contribution < -0.4 is 10.5 Å². The molecule has 1 heterocycles. The summed E-state index contributed by atoms with van der Waals surface area (Å²) in [5.74, 6) is 0.386. The highest BCUT2D eigenvalue weighted by Crippen LogP contribution is 2.12. The molecular formula is C14H21ClN2O2. The van der Waals surface area contributed by atoms with Crippen LogP contribution in [0.1, 0.15) is 29.6 Å². The number of rotatable bonds is 6. The van der Waals surface area contributed by atoms with E-state index in [0.717, 1.165) is 18.7 Å². The van der Waals surface area contributed by atoms with Crippen molar-refractivity contribution in [3.05, 3.63) is 29.8 Å². The van der Waals surface area contributed by atoms with E-state index >= 15 is 0 Å². The molecule has 0 spiro atoms. The number of hydrogen-bond donors (Lipinski definition) is 1. The highest BCUT2D eigenvalue weighted by atomic mass is 35.5. The lowest BCUT2D eigenvalue weighted by Gasteiger charge is -2.14. The van der Waals surface area contributed by atoms with Gasteiger partial charge in [-0.1, -0.05) is 0 Å². The number of carbonyl (C=O) groups is 1. The molecule has 0 saturated carbocycles. The van der Waals surface area contributed by atoms with Crippen molar-refractivity contribution < 1.29 is 9.53 Å². The maximum absolute atomic E-state index is 10.9. The summed E-state index contributed by atoms with van der Waals surface area (Å²) in [5.41, 5.74) is 5.68. The fourth-order valence-electron chi connectivity index (χ4n) is 2.20. The molecule has 1 aliphatic heterocycles. The maximum Gasteiger partial charge on any atom is 0.248 e. The molecule has 106 valence electrons. The molecular weight excluding hydrogens is 264 g/mol. The molecule has 19 heavy (non-hydrogen) atoms. The number of nitrogens with two attached hydrogens (primary N) is 1. The predicted octanol–water partition coefficient (Wildman–Crippen LogP) is 2.07. The van der Waals surface area contributed by atoms with Crippen molar-refractivity contribution in [3.8, 4) is 5.75 Å². The van der Waals surface area contributed by atoms with Crippen molar-refractivity contribution in [2.24, 2.45) is 5.73 Å². The van der Waals surface area contributed by atoms with Gasteiger partial charge in [0.1, 0.15) is 5.75 Å². The van der Waals surface area contributed by atoms with Crippen molar-refractivity contribution >= 4 is 18.3 Å². The van der Waals surface area contributed by atoms with Crippen LogP contribution in [-0.4, -0.2) is 37.0 Å². The fourth-order valence-corrected chi connectivity index (χ4v) is 2.20. The van der Waals surface area contributed by atoms with Crippen LogP contribution in [0.25, 0.3) is 0 Å². The van der Waals surface area contributed by atoms with Crippen LogP contribution in [0.5, 0.6) is 5.75 Å². The van der Waals surface area contributed by atoms with Gasteiger partial charge in [-0.2, -0.15) is 0 Å². The largest absolute Gasteiger partial charge is 0.494 e. The second-order valence-electron chi connectivity index (χ2n) is 4.64. The summed E-state index contributed by atoms with van der Waals surface area (Å²) >= 11 is 0. The number of hydrogen-bond acceptors (Lipinski definition) is 3. The van der Waals surface area contributed by atoms with E-state index in [1.165, 1.54) is 25.9 Å². The van der Waals surface area contributed by atoms with E-state index < -0.39 is 5.91 Å². The molecule has 0 radical (unpaired) electrons. The van der Waals surface area contributed by atoms with Crippen molar-refractivity contribution in [2.75, 3.05) is 26.2 Å². The van der Waals surface area contributed by atoms with Crippen LogP contribution in [0.4, 0.5) is 0 Å². The van der Waals surface area contributed by atoms with Crippen molar-refractivity contribution in [2.45, 2.75) is 19.3 Å². The number of benzene rings is 1. The lowest BCUT2D eigenvalue weighted by Crippen LogP contribution is -2.21. The summed E-state index contributed by atoms with van der Waals surface area (Å²) < 4.78 is 5.62. The average Bonchev–Trinajstić information content (AvgIpc) is 2.88. The molecule has 0 atom stereocenters. The Labute approximate surface area is 120 Å². The topological polar surface area (TPSA) is 55.6 Å². The van der Waals surface area contributed by atoms with Gasteiger partial charge in [0, 0.05) is 12.1 Å². The van der Waals surface area contributed by atoms with E-state index in [-0.39, 0.29) is 12.4 Å². The van der Waals surface area contributed by atoms with Gasteiger partial charge < -0.3 is 15.4 Å². The number of primary amides is 1. The molecule has 1 saturated heterocycles. The Morgan fingerprint density at radius 1 is 1.21 bits per heavy atom. The van der Waals surface area contributed by atoms with Crippen LogP contribution >= 0.6 is 12.4 Å². The molecule has 2 rings (SSSR count). The van der Waals surface area contributed by atoms with Gasteiger partial charge in [0.05, 0.1) is 6.61 Å². The minimum Gasteiger partial charge on any atom is -0.494 e. The van der Waals surface area contributed by atoms with Crippen LogP contribution in [0.2, 0.25) is 0 Å². The Morgan fingerprint density at radius 2 is 1.84 bits per heavy atom. The number of halogens is 1. The quantitative estimate of drug-likeness (QED) is 0.814. The Balaban J connectivity index is 0.00000180. The second-order valence-corrected chi connectivity index (χ2v) is 4.64. The molecule has 2 N–H and O–H groups in total. The zero-order chi connectivity index (χ0) is 12.8. The third-order valence-corrected chi connectivity index (χ3v) is 3.22. The van der Waals surface area contributed by atoms with E-state index in [1.54, 1.807) is 24.3 Å². The van der Waals surface area contributed by atoms with Gasteiger partial charge >= 0.3 is 0 Å². The summed E-state index contributed by atoms with van der Waals surface area (Å²) in [6.07, 6.45) is 3.70. The molecule has 1 aliphatic rings. The molecule has 4 nitrogen and oxygen atoms in total. The Kier molecular flexibility index (Phi) is 6.67. The van der Waals surface area contributed by atoms with Crippen LogP contribution in [-0.2, 0) is 0 Å². The van der Waals surface area contributed by atoms with Crippen LogP contribution in [0, 0.1) is 0 Å². The van der Waals surface area contributed by atoms with Gasteiger partial charge in [0.2, 0.25) is 5.91 Å². The normalized spacial score (nSPS) is 14.9. The summed E-state index contributed by atoms with van der Waals surface area (Å²) in [6, 6.07) is 6.96. The number of carbonyl (C=O) groups excluding carboxylic acids is 1. The summed E-state index contributed by atoms with van der Waals surface area (Å²) in [5, 5.41) is 0. The van der Waals surface area contributed by atoms with Crippen LogP contribution in [0.3, 0.4) is 0 Å². The first-order chi connectivity index (χ1) is 8.75. The molecule has 1 aromatic carbocycles. The highest BCUT2D eigenvalue weighted by molar-refractivity contribution is 5.92. The lowest BCUT2D eigenvalue weighted by molar-refractivity contribution is 0.100. The third-order valence-electron chi connectivity index (χ3n) is 3.22. The lowest BCUT2D eigenvalue weighted by atomic mass is 10.2. The monoisotopic (exact) mass is 284 g/mol. The van der Waals surface area contributed by atoms with Gasteiger partial charge in [-0.15, -0.1) is 12.4 Å². The minimum absolute atomic E-state index is 0.